The highest BCUT2D eigenvalue weighted by Gasteiger charge is 2.25. The molecule has 0 aliphatic carbocycles. The van der Waals surface area contributed by atoms with E-state index in [0.29, 0.717) is 24.1 Å². The maximum atomic E-state index is 9.03. The number of piperidine rings is 1. The third kappa shape index (κ3) is 4.71. The molecule has 2 rings (SSSR count). The lowest BCUT2D eigenvalue weighted by molar-refractivity contribution is -0.00788. The zero-order chi connectivity index (χ0) is 15.2. The van der Waals surface area contributed by atoms with Gasteiger partial charge < -0.3 is 19.5 Å². The van der Waals surface area contributed by atoms with Crippen LogP contribution >= 0.6 is 0 Å². The molecule has 1 aromatic rings. The number of methoxy groups -OCH3 is 1. The molecule has 0 aromatic heterocycles. The zero-order valence-electron chi connectivity index (χ0n) is 12.7. The first kappa shape index (κ1) is 16.3. The zero-order valence-corrected chi connectivity index (χ0v) is 12.7. The second kappa shape index (κ2) is 7.80. The van der Waals surface area contributed by atoms with E-state index in [1.165, 1.54) is 0 Å². The Morgan fingerprint density at radius 3 is 2.62 bits per heavy atom. The van der Waals surface area contributed by atoms with Crippen LogP contribution in [0.1, 0.15) is 13.3 Å². The van der Waals surface area contributed by atoms with Gasteiger partial charge in [-0.25, -0.2) is 0 Å². The fourth-order valence-electron chi connectivity index (χ4n) is 2.64. The lowest BCUT2D eigenvalue weighted by Gasteiger charge is -2.36. The van der Waals surface area contributed by atoms with Crippen LogP contribution in [0.2, 0.25) is 0 Å². The normalized spacial score (nSPS) is 23.0. The molecule has 2 N–H and O–H groups in total. The van der Waals surface area contributed by atoms with Gasteiger partial charge in [-0.3, -0.25) is 4.90 Å². The van der Waals surface area contributed by atoms with Crippen LogP contribution in [0.4, 0.5) is 0 Å². The maximum absolute atomic E-state index is 9.03. The van der Waals surface area contributed by atoms with E-state index in [0.717, 1.165) is 31.8 Å². The number of nitrogens with zero attached hydrogens (tertiary/aromatic N) is 1. The van der Waals surface area contributed by atoms with Gasteiger partial charge in [0.05, 0.1) is 6.10 Å². The van der Waals surface area contributed by atoms with Crippen LogP contribution in [-0.4, -0.2) is 61.5 Å². The van der Waals surface area contributed by atoms with E-state index >= 15 is 0 Å². The quantitative estimate of drug-likeness (QED) is 0.729. The van der Waals surface area contributed by atoms with E-state index in [4.69, 9.17) is 19.5 Å². The van der Waals surface area contributed by atoms with Gasteiger partial charge in [-0.2, -0.15) is 0 Å². The Morgan fingerprint density at radius 1 is 1.29 bits per heavy atom. The van der Waals surface area contributed by atoms with Gasteiger partial charge in [0.15, 0.2) is 0 Å². The summed E-state index contributed by atoms with van der Waals surface area (Å²) in [6, 6.07) is 6.82. The highest BCUT2D eigenvalue weighted by atomic mass is 16.5. The minimum atomic E-state index is -1.43. The van der Waals surface area contributed by atoms with Crippen molar-refractivity contribution in [1.29, 1.82) is 0 Å². The van der Waals surface area contributed by atoms with Crippen molar-refractivity contribution in [2.75, 3.05) is 33.4 Å². The van der Waals surface area contributed by atoms with E-state index in [9.17, 15) is 0 Å². The molecule has 1 aliphatic rings. The topological polar surface area (TPSA) is 62.2 Å². The molecule has 1 fully saturated rings. The maximum Gasteiger partial charge on any atom is 0.488 e. The summed E-state index contributed by atoms with van der Waals surface area (Å²) in [6.45, 7) is 5.76. The van der Waals surface area contributed by atoms with Crippen LogP contribution in [0.3, 0.4) is 0 Å². The lowest BCUT2D eigenvalue weighted by atomic mass is 9.80. The predicted molar refractivity (Wildman–Crippen MR) is 82.8 cm³/mol. The van der Waals surface area contributed by atoms with Crippen LogP contribution in [0.5, 0.6) is 5.75 Å². The standard InChI is InChI=1S/C15H24BNO4/c1-12-7-8-17(11-15(12)20-2)9-10-21-14-5-3-13(4-6-14)16(18)19/h3-6,12,15,18-19H,7-11H2,1-2H3. The van der Waals surface area contributed by atoms with E-state index < -0.39 is 7.12 Å². The molecule has 1 saturated heterocycles. The van der Waals surface area contributed by atoms with Crippen molar-refractivity contribution >= 4 is 12.6 Å². The third-order valence-electron chi connectivity index (χ3n) is 4.13. The van der Waals surface area contributed by atoms with Gasteiger partial charge in [-0.05, 0) is 36.5 Å². The van der Waals surface area contributed by atoms with Crippen molar-refractivity contribution in [2.45, 2.75) is 19.4 Å². The summed E-state index contributed by atoms with van der Waals surface area (Å²) in [4.78, 5) is 2.36. The highest BCUT2D eigenvalue weighted by Crippen LogP contribution is 2.19. The minimum Gasteiger partial charge on any atom is -0.492 e. The molecule has 2 unspecified atom stereocenters. The molecule has 1 aromatic carbocycles. The SMILES string of the molecule is COC1CN(CCOc2ccc(B(O)O)cc2)CCC1C. The molecule has 0 saturated carbocycles. The van der Waals surface area contributed by atoms with Crippen LogP contribution in [0, 0.1) is 5.92 Å². The minimum absolute atomic E-state index is 0.309. The first-order valence-corrected chi connectivity index (χ1v) is 7.44. The molecule has 1 aliphatic heterocycles. The molecular weight excluding hydrogens is 269 g/mol. The van der Waals surface area contributed by atoms with E-state index in [2.05, 4.69) is 11.8 Å². The molecule has 5 nitrogen and oxygen atoms in total. The van der Waals surface area contributed by atoms with E-state index in [1.807, 2.05) is 0 Å². The number of rotatable bonds is 6. The van der Waals surface area contributed by atoms with Gasteiger partial charge in [0.1, 0.15) is 12.4 Å². The smallest absolute Gasteiger partial charge is 0.488 e. The van der Waals surface area contributed by atoms with Gasteiger partial charge in [-0.15, -0.1) is 0 Å². The molecule has 0 spiro atoms. The van der Waals surface area contributed by atoms with E-state index in [-0.39, 0.29) is 0 Å². The van der Waals surface area contributed by atoms with Gasteiger partial charge in [0.25, 0.3) is 0 Å². The number of hydrogen-bond acceptors (Lipinski definition) is 5. The lowest BCUT2D eigenvalue weighted by Crippen LogP contribution is -2.45. The van der Waals surface area contributed by atoms with Crippen molar-refractivity contribution in [3.05, 3.63) is 24.3 Å². The summed E-state index contributed by atoms with van der Waals surface area (Å²) in [5, 5.41) is 18.1. The Kier molecular flexibility index (Phi) is 6.05. The molecule has 116 valence electrons. The molecule has 0 bridgehead atoms. The van der Waals surface area contributed by atoms with Gasteiger partial charge >= 0.3 is 7.12 Å². The summed E-state index contributed by atoms with van der Waals surface area (Å²) < 4.78 is 11.2. The second-order valence-corrected chi connectivity index (χ2v) is 5.63. The predicted octanol–water partition coefficient (Wildman–Crippen LogP) is 0.102. The molecule has 21 heavy (non-hydrogen) atoms. The van der Waals surface area contributed by atoms with Gasteiger partial charge in [-0.1, -0.05) is 19.1 Å². The van der Waals surface area contributed by atoms with E-state index in [1.54, 1.807) is 31.4 Å². The fourth-order valence-corrected chi connectivity index (χ4v) is 2.64. The number of likely N-dealkylation sites (tertiary alicyclic amines) is 1. The molecule has 0 amide bonds. The number of hydrogen-bond donors (Lipinski definition) is 2. The molecular formula is C15H24BNO4. The molecule has 6 heteroatoms. The van der Waals surface area contributed by atoms with Crippen LogP contribution in [0.15, 0.2) is 24.3 Å². The summed E-state index contributed by atoms with van der Waals surface area (Å²) in [5.74, 6) is 1.36. The summed E-state index contributed by atoms with van der Waals surface area (Å²) in [7, 11) is 0.346. The molecule has 2 atom stereocenters. The second-order valence-electron chi connectivity index (χ2n) is 5.63. The highest BCUT2D eigenvalue weighted by molar-refractivity contribution is 6.58. The molecule has 1 heterocycles. The van der Waals surface area contributed by atoms with Crippen LogP contribution in [0.25, 0.3) is 0 Å². The first-order valence-electron chi connectivity index (χ1n) is 7.44. The van der Waals surface area contributed by atoms with Crippen molar-refractivity contribution in [3.63, 3.8) is 0 Å². The molecule has 0 radical (unpaired) electrons. The monoisotopic (exact) mass is 293 g/mol. The largest absolute Gasteiger partial charge is 0.492 e. The van der Waals surface area contributed by atoms with Crippen molar-refractivity contribution < 1.29 is 19.5 Å². The summed E-state index contributed by atoms with van der Waals surface area (Å²) in [5.41, 5.74) is 0.468. The average molecular weight is 293 g/mol. The summed E-state index contributed by atoms with van der Waals surface area (Å²) >= 11 is 0. The summed E-state index contributed by atoms with van der Waals surface area (Å²) in [6.07, 6.45) is 1.46. The van der Waals surface area contributed by atoms with Crippen molar-refractivity contribution in [2.24, 2.45) is 5.92 Å². The fraction of sp³-hybridized carbons (Fsp3) is 0.600. The van der Waals surface area contributed by atoms with Crippen LogP contribution < -0.4 is 10.2 Å². The Hall–Kier alpha value is -1.08. The number of benzene rings is 1. The van der Waals surface area contributed by atoms with Gasteiger partial charge in [0.2, 0.25) is 0 Å². The Bertz CT molecular complexity index is 426. The number of ether oxygens (including phenoxy) is 2. The van der Waals surface area contributed by atoms with Gasteiger partial charge in [0, 0.05) is 20.2 Å². The Labute approximate surface area is 126 Å². The van der Waals surface area contributed by atoms with Crippen LogP contribution in [-0.2, 0) is 4.74 Å². The Morgan fingerprint density at radius 2 is 2.00 bits per heavy atom. The first-order chi connectivity index (χ1) is 10.1. The Balaban J connectivity index is 1.74. The van der Waals surface area contributed by atoms with Crippen molar-refractivity contribution in [1.82, 2.24) is 4.90 Å². The van der Waals surface area contributed by atoms with Crippen molar-refractivity contribution in [3.8, 4) is 5.75 Å². The average Bonchev–Trinajstić information content (AvgIpc) is 2.49. The third-order valence-corrected chi connectivity index (χ3v) is 4.13.